The number of rotatable bonds is 9. The fourth-order valence-corrected chi connectivity index (χ4v) is 3.75. The summed E-state index contributed by atoms with van der Waals surface area (Å²) >= 11 is 0. The number of fused-ring (bicyclic) bond motifs is 1. The van der Waals surface area contributed by atoms with E-state index in [0.717, 1.165) is 5.56 Å². The first-order chi connectivity index (χ1) is 17.5. The Bertz CT molecular complexity index is 1240. The average molecular weight is 493 g/mol. The minimum Gasteiger partial charge on any atom is -0.495 e. The molecule has 0 saturated carbocycles. The molecule has 188 valence electrons. The average Bonchev–Trinajstić information content (AvgIpc) is 2.91. The molecule has 36 heavy (non-hydrogen) atoms. The van der Waals surface area contributed by atoms with Crippen LogP contribution in [0.25, 0.3) is 0 Å². The zero-order valence-electron chi connectivity index (χ0n) is 20.4. The van der Waals surface area contributed by atoms with Gasteiger partial charge in [-0.15, -0.1) is 0 Å². The van der Waals surface area contributed by atoms with Crippen molar-refractivity contribution in [1.82, 2.24) is 4.90 Å². The molecule has 0 aliphatic carbocycles. The molecule has 0 unspecified atom stereocenters. The number of hydrogen-bond donors (Lipinski definition) is 1. The summed E-state index contributed by atoms with van der Waals surface area (Å²) in [6.07, 6.45) is 0. The van der Waals surface area contributed by atoms with Crippen molar-refractivity contribution in [2.45, 2.75) is 6.54 Å². The third-order valence-corrected chi connectivity index (χ3v) is 5.52. The number of carbonyl (C=O) groups excluding carboxylic acids is 2. The molecule has 0 spiro atoms. The van der Waals surface area contributed by atoms with Gasteiger partial charge in [0.2, 0.25) is 0 Å². The molecule has 1 N–H and O–H groups in total. The van der Waals surface area contributed by atoms with Crippen LogP contribution in [0, 0.1) is 0 Å². The number of hydrogen-bond acceptors (Lipinski definition) is 7. The zero-order chi connectivity index (χ0) is 25.5. The van der Waals surface area contributed by atoms with Gasteiger partial charge in [-0.25, -0.2) is 0 Å². The van der Waals surface area contributed by atoms with Crippen LogP contribution in [0.1, 0.15) is 15.9 Å². The smallest absolute Gasteiger partial charge is 0.262 e. The van der Waals surface area contributed by atoms with Crippen LogP contribution in [0.3, 0.4) is 0 Å². The number of carbonyl (C=O) groups is 2. The number of para-hydroxylation sites is 2. The van der Waals surface area contributed by atoms with Crippen LogP contribution < -0.4 is 29.0 Å². The lowest BCUT2D eigenvalue weighted by molar-refractivity contribution is -0.118. The fourth-order valence-electron chi connectivity index (χ4n) is 3.75. The van der Waals surface area contributed by atoms with Crippen molar-refractivity contribution in [3.05, 3.63) is 71.8 Å². The fraction of sp³-hybridized carbons (Fsp3) is 0.259. The summed E-state index contributed by atoms with van der Waals surface area (Å²) in [6.45, 7) is 1.17. The Morgan fingerprint density at radius 1 is 0.889 bits per heavy atom. The molecule has 0 fully saturated rings. The van der Waals surface area contributed by atoms with Crippen LogP contribution in [0.5, 0.6) is 28.7 Å². The zero-order valence-corrected chi connectivity index (χ0v) is 20.4. The Balaban J connectivity index is 1.38. The first kappa shape index (κ1) is 24.7. The molecular weight excluding hydrogens is 464 g/mol. The normalized spacial score (nSPS) is 11.9. The van der Waals surface area contributed by atoms with Crippen LogP contribution in [0.4, 0.5) is 5.69 Å². The topological polar surface area (TPSA) is 95.6 Å². The van der Waals surface area contributed by atoms with Crippen LogP contribution in [0.2, 0.25) is 0 Å². The van der Waals surface area contributed by atoms with Crippen LogP contribution >= 0.6 is 0 Å². The monoisotopic (exact) mass is 492 g/mol. The van der Waals surface area contributed by atoms with E-state index in [-0.39, 0.29) is 18.4 Å². The molecule has 2 amide bonds. The summed E-state index contributed by atoms with van der Waals surface area (Å²) in [5.41, 5.74) is 1.89. The maximum atomic E-state index is 13.0. The van der Waals surface area contributed by atoms with Gasteiger partial charge in [-0.05, 0) is 48.0 Å². The molecule has 1 heterocycles. The van der Waals surface area contributed by atoms with Crippen molar-refractivity contribution in [3.8, 4) is 28.7 Å². The SMILES string of the molecule is COc1ccccc1NC(=O)COc1ccc(C(=O)N(C)Cc2ccc3c(c2)OCCO3)cc1OC. The lowest BCUT2D eigenvalue weighted by atomic mass is 10.1. The standard InChI is InChI=1S/C27H28N2O7/c1-29(16-18-8-10-23-25(14-18)35-13-12-34-23)27(31)19-9-11-22(24(15-19)33-3)36-17-26(30)28-20-6-4-5-7-21(20)32-2/h4-11,14-15H,12-13,16-17H2,1-3H3,(H,28,30). The lowest BCUT2D eigenvalue weighted by Gasteiger charge is -2.21. The third kappa shape index (κ3) is 5.80. The molecule has 1 aliphatic rings. The van der Waals surface area contributed by atoms with Crippen molar-refractivity contribution in [2.24, 2.45) is 0 Å². The number of methoxy groups -OCH3 is 2. The van der Waals surface area contributed by atoms with E-state index in [1.165, 1.54) is 14.2 Å². The van der Waals surface area contributed by atoms with E-state index in [9.17, 15) is 9.59 Å². The van der Waals surface area contributed by atoms with Gasteiger partial charge >= 0.3 is 0 Å². The van der Waals surface area contributed by atoms with Gasteiger partial charge in [-0.3, -0.25) is 9.59 Å². The maximum Gasteiger partial charge on any atom is 0.262 e. The maximum absolute atomic E-state index is 13.0. The second-order valence-electron chi connectivity index (χ2n) is 8.04. The van der Waals surface area contributed by atoms with E-state index < -0.39 is 0 Å². The van der Waals surface area contributed by atoms with Gasteiger partial charge in [0.25, 0.3) is 11.8 Å². The van der Waals surface area contributed by atoms with E-state index in [1.807, 2.05) is 24.3 Å². The Morgan fingerprint density at radius 2 is 1.64 bits per heavy atom. The third-order valence-electron chi connectivity index (χ3n) is 5.52. The van der Waals surface area contributed by atoms with Gasteiger partial charge in [0.15, 0.2) is 29.6 Å². The summed E-state index contributed by atoms with van der Waals surface area (Å²) in [4.78, 5) is 27.0. The second-order valence-corrected chi connectivity index (χ2v) is 8.04. The molecular formula is C27H28N2O7. The highest BCUT2D eigenvalue weighted by Crippen LogP contribution is 2.32. The lowest BCUT2D eigenvalue weighted by Crippen LogP contribution is -2.26. The van der Waals surface area contributed by atoms with E-state index in [1.54, 1.807) is 48.3 Å². The second kappa shape index (κ2) is 11.4. The number of benzene rings is 3. The number of ether oxygens (including phenoxy) is 5. The molecule has 0 bridgehead atoms. The van der Waals surface area contributed by atoms with E-state index >= 15 is 0 Å². The Hall–Kier alpha value is -4.40. The highest BCUT2D eigenvalue weighted by molar-refractivity contribution is 5.95. The molecule has 1 aliphatic heterocycles. The van der Waals surface area contributed by atoms with Gasteiger partial charge in [0.05, 0.1) is 19.9 Å². The predicted octanol–water partition coefficient (Wildman–Crippen LogP) is 3.76. The number of anilines is 1. The Labute approximate surface area is 209 Å². The summed E-state index contributed by atoms with van der Waals surface area (Å²) in [6, 6.07) is 17.6. The molecule has 9 nitrogen and oxygen atoms in total. The van der Waals surface area contributed by atoms with Crippen molar-refractivity contribution < 1.29 is 33.3 Å². The summed E-state index contributed by atoms with van der Waals surface area (Å²) in [5, 5.41) is 2.75. The minimum atomic E-state index is -0.360. The summed E-state index contributed by atoms with van der Waals surface area (Å²) < 4.78 is 27.5. The van der Waals surface area contributed by atoms with Crippen LogP contribution in [-0.4, -0.2) is 57.8 Å². The molecule has 0 aromatic heterocycles. The van der Waals surface area contributed by atoms with Crippen molar-refractivity contribution in [2.75, 3.05) is 46.4 Å². The van der Waals surface area contributed by atoms with Gasteiger partial charge in [-0.1, -0.05) is 18.2 Å². The van der Waals surface area contributed by atoms with E-state index in [4.69, 9.17) is 23.7 Å². The van der Waals surface area contributed by atoms with Crippen LogP contribution in [0.15, 0.2) is 60.7 Å². The van der Waals surface area contributed by atoms with Crippen molar-refractivity contribution in [1.29, 1.82) is 0 Å². The molecule has 0 saturated heterocycles. The number of nitrogens with one attached hydrogen (secondary N) is 1. The number of nitrogens with zero attached hydrogens (tertiary/aromatic N) is 1. The first-order valence-corrected chi connectivity index (χ1v) is 11.4. The van der Waals surface area contributed by atoms with Gasteiger partial charge < -0.3 is 33.9 Å². The van der Waals surface area contributed by atoms with Gasteiger partial charge in [0.1, 0.15) is 19.0 Å². The van der Waals surface area contributed by atoms with Gasteiger partial charge in [-0.2, -0.15) is 0 Å². The van der Waals surface area contributed by atoms with Crippen LogP contribution in [-0.2, 0) is 11.3 Å². The van der Waals surface area contributed by atoms with E-state index in [2.05, 4.69) is 5.32 Å². The van der Waals surface area contributed by atoms with Crippen molar-refractivity contribution >= 4 is 17.5 Å². The quantitative estimate of drug-likeness (QED) is 0.486. The number of amides is 2. The molecule has 3 aromatic rings. The Morgan fingerprint density at radius 3 is 2.42 bits per heavy atom. The van der Waals surface area contributed by atoms with Gasteiger partial charge in [0, 0.05) is 19.2 Å². The summed E-state index contributed by atoms with van der Waals surface area (Å²) in [5.74, 6) is 2.07. The minimum absolute atomic E-state index is 0.191. The highest BCUT2D eigenvalue weighted by Gasteiger charge is 2.18. The molecule has 0 atom stereocenters. The predicted molar refractivity (Wildman–Crippen MR) is 133 cm³/mol. The molecule has 0 radical (unpaired) electrons. The molecule has 9 heteroatoms. The Kier molecular flexibility index (Phi) is 7.79. The van der Waals surface area contributed by atoms with E-state index in [0.29, 0.717) is 59.8 Å². The first-order valence-electron chi connectivity index (χ1n) is 11.4. The highest BCUT2D eigenvalue weighted by atomic mass is 16.6. The van der Waals surface area contributed by atoms with Crippen molar-refractivity contribution in [3.63, 3.8) is 0 Å². The summed E-state index contributed by atoms with van der Waals surface area (Å²) in [7, 11) is 4.73. The largest absolute Gasteiger partial charge is 0.495 e. The molecule has 4 rings (SSSR count). The molecule has 3 aromatic carbocycles.